The van der Waals surface area contributed by atoms with Gasteiger partial charge in [-0.05, 0) is 53.6 Å². The molecule has 0 saturated carbocycles. The summed E-state index contributed by atoms with van der Waals surface area (Å²) in [5.41, 5.74) is 2.49. The second kappa shape index (κ2) is 9.92. The number of nitrogens with one attached hydrogen (secondary N) is 1. The normalized spacial score (nSPS) is 11.9. The van der Waals surface area contributed by atoms with E-state index in [4.69, 9.17) is 4.74 Å². The van der Waals surface area contributed by atoms with Crippen LogP contribution in [0.5, 0.6) is 5.75 Å². The molecule has 0 aliphatic heterocycles. The van der Waals surface area contributed by atoms with Gasteiger partial charge in [0.1, 0.15) is 11.6 Å². The lowest BCUT2D eigenvalue weighted by atomic mass is 10.00. The fourth-order valence-corrected chi connectivity index (χ4v) is 2.96. The SMILES string of the molecule is COC(=O)Nc1cc(-c2ccc(OCC(C)CC(C)C)c(CO)c2)ccn1. The number of carbonyl (C=O) groups is 1. The first-order chi connectivity index (χ1) is 12.9. The summed E-state index contributed by atoms with van der Waals surface area (Å²) in [7, 11) is 1.30. The third-order valence-electron chi connectivity index (χ3n) is 4.14. The van der Waals surface area contributed by atoms with Crippen molar-refractivity contribution in [3.05, 3.63) is 42.1 Å². The summed E-state index contributed by atoms with van der Waals surface area (Å²) in [4.78, 5) is 15.4. The molecular weight excluding hydrogens is 344 g/mol. The number of rotatable bonds is 8. The van der Waals surface area contributed by atoms with Crippen LogP contribution in [-0.4, -0.2) is 29.9 Å². The van der Waals surface area contributed by atoms with Crippen molar-refractivity contribution in [1.82, 2.24) is 4.98 Å². The number of ether oxygens (including phenoxy) is 2. The molecule has 1 aromatic heterocycles. The van der Waals surface area contributed by atoms with Gasteiger partial charge in [0.25, 0.3) is 0 Å². The Kier molecular flexibility index (Phi) is 7.61. The zero-order chi connectivity index (χ0) is 19.8. The number of aliphatic hydroxyl groups is 1. The van der Waals surface area contributed by atoms with Crippen LogP contribution in [0, 0.1) is 11.8 Å². The number of benzene rings is 1. The van der Waals surface area contributed by atoms with Gasteiger partial charge < -0.3 is 14.6 Å². The zero-order valence-corrected chi connectivity index (χ0v) is 16.4. The van der Waals surface area contributed by atoms with E-state index in [2.05, 4.69) is 35.8 Å². The maximum atomic E-state index is 11.3. The lowest BCUT2D eigenvalue weighted by molar-refractivity contribution is 0.187. The van der Waals surface area contributed by atoms with Crippen LogP contribution in [0.25, 0.3) is 11.1 Å². The maximum Gasteiger partial charge on any atom is 0.412 e. The highest BCUT2D eigenvalue weighted by atomic mass is 16.5. The zero-order valence-electron chi connectivity index (χ0n) is 16.4. The minimum Gasteiger partial charge on any atom is -0.493 e. The van der Waals surface area contributed by atoms with Crippen molar-refractivity contribution in [3.8, 4) is 16.9 Å². The number of pyridine rings is 1. The van der Waals surface area contributed by atoms with E-state index >= 15 is 0 Å². The molecule has 1 heterocycles. The molecule has 2 N–H and O–H groups in total. The Morgan fingerprint density at radius 1 is 1.19 bits per heavy atom. The molecule has 0 aliphatic carbocycles. The van der Waals surface area contributed by atoms with Crippen LogP contribution in [0.1, 0.15) is 32.8 Å². The van der Waals surface area contributed by atoms with Crippen LogP contribution in [0.15, 0.2) is 36.5 Å². The molecule has 1 atom stereocenters. The first kappa shape index (κ1) is 20.7. The van der Waals surface area contributed by atoms with E-state index in [1.54, 1.807) is 12.3 Å². The maximum absolute atomic E-state index is 11.3. The summed E-state index contributed by atoms with van der Waals surface area (Å²) < 4.78 is 10.5. The molecule has 146 valence electrons. The van der Waals surface area contributed by atoms with Crippen molar-refractivity contribution in [1.29, 1.82) is 0 Å². The van der Waals surface area contributed by atoms with Crippen LogP contribution in [0.4, 0.5) is 10.6 Å². The second-order valence-corrected chi connectivity index (χ2v) is 7.07. The number of carbonyl (C=O) groups excluding carboxylic acids is 1. The number of methoxy groups -OCH3 is 1. The smallest absolute Gasteiger partial charge is 0.412 e. The van der Waals surface area contributed by atoms with Crippen molar-refractivity contribution < 1.29 is 19.4 Å². The molecule has 2 rings (SSSR count). The molecule has 6 nitrogen and oxygen atoms in total. The Morgan fingerprint density at radius 2 is 1.93 bits per heavy atom. The minimum atomic E-state index is -0.574. The number of nitrogens with zero attached hydrogens (tertiary/aromatic N) is 1. The fourth-order valence-electron chi connectivity index (χ4n) is 2.96. The van der Waals surface area contributed by atoms with Gasteiger partial charge >= 0.3 is 6.09 Å². The van der Waals surface area contributed by atoms with E-state index in [1.807, 2.05) is 24.3 Å². The lowest BCUT2D eigenvalue weighted by Gasteiger charge is -2.17. The molecule has 27 heavy (non-hydrogen) atoms. The van der Waals surface area contributed by atoms with Crippen LogP contribution in [0.3, 0.4) is 0 Å². The molecule has 2 aromatic rings. The molecule has 1 amide bonds. The van der Waals surface area contributed by atoms with Gasteiger partial charge in [-0.25, -0.2) is 9.78 Å². The molecule has 0 aliphatic rings. The summed E-state index contributed by atoms with van der Waals surface area (Å²) in [5, 5.41) is 12.3. The molecule has 0 fully saturated rings. The van der Waals surface area contributed by atoms with Gasteiger partial charge in [-0.15, -0.1) is 0 Å². The van der Waals surface area contributed by atoms with E-state index in [1.165, 1.54) is 7.11 Å². The van der Waals surface area contributed by atoms with E-state index in [0.717, 1.165) is 23.1 Å². The van der Waals surface area contributed by atoms with Crippen molar-refractivity contribution >= 4 is 11.9 Å². The average Bonchev–Trinajstić information content (AvgIpc) is 2.65. The van der Waals surface area contributed by atoms with Gasteiger partial charge in [0.05, 0.1) is 20.3 Å². The van der Waals surface area contributed by atoms with Crippen LogP contribution in [-0.2, 0) is 11.3 Å². The van der Waals surface area contributed by atoms with Gasteiger partial charge in [-0.1, -0.05) is 26.8 Å². The average molecular weight is 372 g/mol. The minimum absolute atomic E-state index is 0.111. The number of anilines is 1. The van der Waals surface area contributed by atoms with E-state index in [9.17, 15) is 9.90 Å². The monoisotopic (exact) mass is 372 g/mol. The Morgan fingerprint density at radius 3 is 2.59 bits per heavy atom. The Bertz CT molecular complexity index is 762. The van der Waals surface area contributed by atoms with Crippen molar-refractivity contribution in [2.75, 3.05) is 19.0 Å². The van der Waals surface area contributed by atoms with E-state index < -0.39 is 6.09 Å². The molecular formula is C21H28N2O4. The highest BCUT2D eigenvalue weighted by Gasteiger charge is 2.11. The number of amides is 1. The Labute approximate surface area is 160 Å². The largest absolute Gasteiger partial charge is 0.493 e. The molecule has 6 heteroatoms. The van der Waals surface area contributed by atoms with E-state index in [0.29, 0.717) is 30.0 Å². The summed E-state index contributed by atoms with van der Waals surface area (Å²) in [6.07, 6.45) is 2.13. The highest BCUT2D eigenvalue weighted by molar-refractivity contribution is 5.84. The topological polar surface area (TPSA) is 80.7 Å². The van der Waals surface area contributed by atoms with Gasteiger partial charge in [-0.3, -0.25) is 5.32 Å². The Hall–Kier alpha value is -2.60. The van der Waals surface area contributed by atoms with Gasteiger partial charge in [-0.2, -0.15) is 0 Å². The van der Waals surface area contributed by atoms with E-state index in [-0.39, 0.29) is 6.61 Å². The summed E-state index contributed by atoms with van der Waals surface area (Å²) in [6, 6.07) is 9.28. The lowest BCUT2D eigenvalue weighted by Crippen LogP contribution is -2.12. The van der Waals surface area contributed by atoms with Gasteiger partial charge in [0, 0.05) is 11.8 Å². The molecule has 0 radical (unpaired) electrons. The fraction of sp³-hybridized carbons (Fsp3) is 0.429. The molecule has 0 spiro atoms. The number of hydrogen-bond donors (Lipinski definition) is 2. The summed E-state index contributed by atoms with van der Waals surface area (Å²) >= 11 is 0. The first-order valence-electron chi connectivity index (χ1n) is 9.11. The van der Waals surface area contributed by atoms with Crippen molar-refractivity contribution in [2.45, 2.75) is 33.8 Å². The predicted molar refractivity (Wildman–Crippen MR) is 106 cm³/mol. The van der Waals surface area contributed by atoms with Crippen LogP contribution in [0.2, 0.25) is 0 Å². The van der Waals surface area contributed by atoms with Gasteiger partial charge in [0.15, 0.2) is 0 Å². The molecule has 1 aromatic carbocycles. The molecule has 0 bridgehead atoms. The predicted octanol–water partition coefficient (Wildman–Crippen LogP) is 4.48. The second-order valence-electron chi connectivity index (χ2n) is 7.07. The highest BCUT2D eigenvalue weighted by Crippen LogP contribution is 2.28. The number of aliphatic hydroxyl groups excluding tert-OH is 1. The van der Waals surface area contributed by atoms with Gasteiger partial charge in [0.2, 0.25) is 0 Å². The van der Waals surface area contributed by atoms with Crippen molar-refractivity contribution in [2.24, 2.45) is 11.8 Å². The standard InChI is InChI=1S/C21H28N2O4/c1-14(2)9-15(3)13-27-19-6-5-16(10-18(19)12-24)17-7-8-22-20(11-17)23-21(25)26-4/h5-8,10-11,14-15,24H,9,12-13H2,1-4H3,(H,22,23,25). The summed E-state index contributed by atoms with van der Waals surface area (Å²) in [6.45, 7) is 7.07. The molecule has 1 unspecified atom stereocenters. The van der Waals surface area contributed by atoms with Crippen LogP contribution >= 0.6 is 0 Å². The quantitative estimate of drug-likeness (QED) is 0.714. The van der Waals surface area contributed by atoms with Crippen LogP contribution < -0.4 is 10.1 Å². The number of aromatic nitrogens is 1. The third kappa shape index (κ3) is 6.25. The molecule has 0 saturated heterocycles. The first-order valence-corrected chi connectivity index (χ1v) is 9.11. The summed E-state index contributed by atoms with van der Waals surface area (Å²) in [5.74, 6) is 2.16. The third-order valence-corrected chi connectivity index (χ3v) is 4.14. The Balaban J connectivity index is 2.15. The number of hydrogen-bond acceptors (Lipinski definition) is 5. The van der Waals surface area contributed by atoms with Crippen molar-refractivity contribution in [3.63, 3.8) is 0 Å².